The topological polar surface area (TPSA) is 102 Å². The van der Waals surface area contributed by atoms with Crippen molar-refractivity contribution >= 4 is 16.3 Å². The van der Waals surface area contributed by atoms with Gasteiger partial charge in [-0.2, -0.15) is 12.7 Å². The summed E-state index contributed by atoms with van der Waals surface area (Å²) in [6, 6.07) is 0. The van der Waals surface area contributed by atoms with Gasteiger partial charge in [0.15, 0.2) is 0 Å². The van der Waals surface area contributed by atoms with E-state index >= 15 is 0 Å². The van der Waals surface area contributed by atoms with Crippen molar-refractivity contribution < 1.29 is 17.9 Å². The molecule has 96 valence electrons. The molecule has 1 amide bonds. The Morgan fingerprint density at radius 3 is 2.38 bits per heavy atom. The van der Waals surface area contributed by atoms with Crippen LogP contribution in [-0.4, -0.2) is 45.1 Å². The molecule has 7 nitrogen and oxygen atoms in total. The van der Waals surface area contributed by atoms with Gasteiger partial charge in [0.05, 0.1) is 7.11 Å². The van der Waals surface area contributed by atoms with E-state index in [-0.39, 0.29) is 6.54 Å². The number of likely N-dealkylation sites (N-methyl/N-ethyl adjacent to an activating group) is 1. The van der Waals surface area contributed by atoms with Gasteiger partial charge in [-0.1, -0.05) is 6.92 Å². The number of hydrogen-bond donors (Lipinski definition) is 2. The molecule has 3 N–H and O–H groups in total. The number of nitrogens with two attached hydrogens (primary N) is 1. The molecule has 16 heavy (non-hydrogen) atoms. The predicted octanol–water partition coefficient (Wildman–Crippen LogP) is -0.354. The first-order valence-electron chi connectivity index (χ1n) is 4.78. The van der Waals surface area contributed by atoms with Gasteiger partial charge < -0.3 is 10.5 Å². The molecular formula is C8H19N3O4S. The Balaban J connectivity index is 4.96. The molecule has 0 aromatic rings. The highest BCUT2D eigenvalue weighted by Gasteiger charge is 2.35. The van der Waals surface area contributed by atoms with E-state index in [4.69, 9.17) is 5.73 Å². The summed E-state index contributed by atoms with van der Waals surface area (Å²) in [7, 11) is -1.47. The van der Waals surface area contributed by atoms with Crippen LogP contribution in [0.4, 0.5) is 4.79 Å². The third-order valence-electron chi connectivity index (χ3n) is 2.72. The van der Waals surface area contributed by atoms with Gasteiger partial charge in [-0.05, 0) is 13.3 Å². The number of methoxy groups -OCH3 is 1. The Hall–Kier alpha value is -0.860. The number of nitrogens with zero attached hydrogens (tertiary/aromatic N) is 1. The zero-order valence-electron chi connectivity index (χ0n) is 9.98. The number of ether oxygens (including phenoxy) is 1. The number of hydrogen-bond acceptors (Lipinski definition) is 5. The minimum atomic E-state index is -3.92. The molecule has 0 aliphatic carbocycles. The predicted molar refractivity (Wildman–Crippen MR) is 60.0 cm³/mol. The van der Waals surface area contributed by atoms with E-state index in [2.05, 4.69) is 4.74 Å². The smallest absolute Gasteiger partial charge is 0.421 e. The average molecular weight is 253 g/mol. The van der Waals surface area contributed by atoms with Crippen LogP contribution in [0.25, 0.3) is 0 Å². The van der Waals surface area contributed by atoms with Crippen LogP contribution >= 0.6 is 0 Å². The highest BCUT2D eigenvalue weighted by molar-refractivity contribution is 7.87. The van der Waals surface area contributed by atoms with Gasteiger partial charge in [0.25, 0.3) is 0 Å². The highest BCUT2D eigenvalue weighted by Crippen LogP contribution is 2.18. The van der Waals surface area contributed by atoms with Gasteiger partial charge in [-0.15, -0.1) is 0 Å². The normalized spacial score (nSPS) is 15.6. The summed E-state index contributed by atoms with van der Waals surface area (Å²) < 4.78 is 30.5. The Bertz CT molecular complexity index is 337. The zero-order valence-corrected chi connectivity index (χ0v) is 10.8. The molecule has 0 aliphatic heterocycles. The molecule has 0 saturated heterocycles. The maximum atomic E-state index is 11.7. The summed E-state index contributed by atoms with van der Waals surface area (Å²) in [5.41, 5.74) is 4.79. The largest absolute Gasteiger partial charge is 0.452 e. The lowest BCUT2D eigenvalue weighted by Gasteiger charge is -2.35. The minimum absolute atomic E-state index is 0.155. The van der Waals surface area contributed by atoms with Crippen molar-refractivity contribution in [3.63, 3.8) is 0 Å². The second-order valence-electron chi connectivity index (χ2n) is 3.62. The molecule has 8 heteroatoms. The SMILES string of the molecule is CCC(C)(CN)N(C)S(=O)(=O)NC(=O)OC. The van der Waals surface area contributed by atoms with Crippen molar-refractivity contribution in [2.75, 3.05) is 20.7 Å². The molecule has 0 aliphatic rings. The molecule has 0 heterocycles. The third kappa shape index (κ3) is 3.32. The molecule has 0 saturated carbocycles. The summed E-state index contributed by atoms with van der Waals surface area (Å²) in [5.74, 6) is 0. The van der Waals surface area contributed by atoms with Crippen molar-refractivity contribution in [1.29, 1.82) is 0 Å². The number of carbonyl (C=O) groups is 1. The van der Waals surface area contributed by atoms with E-state index in [0.717, 1.165) is 11.4 Å². The van der Waals surface area contributed by atoms with E-state index in [0.29, 0.717) is 6.42 Å². The second kappa shape index (κ2) is 5.46. The zero-order chi connectivity index (χ0) is 13.0. The van der Waals surface area contributed by atoms with Crippen LogP contribution in [-0.2, 0) is 14.9 Å². The Morgan fingerprint density at radius 2 is 2.06 bits per heavy atom. The Morgan fingerprint density at radius 1 is 1.56 bits per heavy atom. The van der Waals surface area contributed by atoms with Crippen molar-refractivity contribution in [3.05, 3.63) is 0 Å². The number of amides is 1. The maximum Gasteiger partial charge on any atom is 0.421 e. The summed E-state index contributed by atoms with van der Waals surface area (Å²) in [5, 5.41) is 0. The van der Waals surface area contributed by atoms with E-state index in [1.165, 1.54) is 7.05 Å². The van der Waals surface area contributed by atoms with Gasteiger partial charge in [0.1, 0.15) is 0 Å². The first-order chi connectivity index (χ1) is 7.23. The summed E-state index contributed by atoms with van der Waals surface area (Å²) >= 11 is 0. The molecule has 0 fully saturated rings. The van der Waals surface area contributed by atoms with E-state index in [1.807, 2.05) is 6.92 Å². The molecule has 0 aromatic heterocycles. The monoisotopic (exact) mass is 253 g/mol. The van der Waals surface area contributed by atoms with Gasteiger partial charge in [0, 0.05) is 19.1 Å². The van der Waals surface area contributed by atoms with Crippen molar-refractivity contribution in [2.24, 2.45) is 5.73 Å². The summed E-state index contributed by atoms with van der Waals surface area (Å²) in [6.45, 7) is 3.67. The summed E-state index contributed by atoms with van der Waals surface area (Å²) in [6.07, 6.45) is -0.496. The number of rotatable bonds is 5. The Kier molecular flexibility index (Phi) is 5.17. The molecule has 0 bridgehead atoms. The number of carbonyl (C=O) groups excluding carboxylic acids is 1. The molecule has 1 unspecified atom stereocenters. The Labute approximate surface area is 96.1 Å². The molecule has 0 rings (SSSR count). The van der Waals surface area contributed by atoms with Gasteiger partial charge in [-0.25, -0.2) is 9.52 Å². The average Bonchev–Trinajstić information content (AvgIpc) is 2.26. The van der Waals surface area contributed by atoms with Gasteiger partial charge in [0.2, 0.25) is 0 Å². The maximum absolute atomic E-state index is 11.7. The first kappa shape index (κ1) is 15.1. The van der Waals surface area contributed by atoms with Crippen molar-refractivity contribution in [2.45, 2.75) is 25.8 Å². The molecule has 0 aromatic carbocycles. The van der Waals surface area contributed by atoms with E-state index in [1.54, 1.807) is 11.6 Å². The lowest BCUT2D eigenvalue weighted by Crippen LogP contribution is -2.55. The minimum Gasteiger partial charge on any atom is -0.452 e. The van der Waals surface area contributed by atoms with Crippen LogP contribution in [0, 0.1) is 0 Å². The van der Waals surface area contributed by atoms with Crippen LogP contribution < -0.4 is 10.5 Å². The van der Waals surface area contributed by atoms with Crippen molar-refractivity contribution in [1.82, 2.24) is 9.03 Å². The highest BCUT2D eigenvalue weighted by atomic mass is 32.2. The van der Waals surface area contributed by atoms with Crippen LogP contribution in [0.2, 0.25) is 0 Å². The fourth-order valence-corrected chi connectivity index (χ4v) is 2.22. The molecule has 0 spiro atoms. The van der Waals surface area contributed by atoms with Gasteiger partial charge >= 0.3 is 16.3 Å². The van der Waals surface area contributed by atoms with Gasteiger partial charge in [-0.3, -0.25) is 0 Å². The first-order valence-corrected chi connectivity index (χ1v) is 6.22. The lowest BCUT2D eigenvalue weighted by atomic mass is 10.00. The van der Waals surface area contributed by atoms with Crippen LogP contribution in [0.3, 0.4) is 0 Å². The second-order valence-corrected chi connectivity index (χ2v) is 5.32. The summed E-state index contributed by atoms with van der Waals surface area (Å²) in [4.78, 5) is 10.9. The van der Waals surface area contributed by atoms with Crippen LogP contribution in [0.15, 0.2) is 0 Å². The van der Waals surface area contributed by atoms with Crippen molar-refractivity contribution in [3.8, 4) is 0 Å². The molecule has 1 atom stereocenters. The van der Waals surface area contributed by atoms with E-state index < -0.39 is 21.8 Å². The van der Waals surface area contributed by atoms with Crippen LogP contribution in [0.5, 0.6) is 0 Å². The fourth-order valence-electron chi connectivity index (χ4n) is 1.00. The van der Waals surface area contributed by atoms with Crippen LogP contribution in [0.1, 0.15) is 20.3 Å². The molecule has 0 radical (unpaired) electrons. The lowest BCUT2D eigenvalue weighted by molar-refractivity contribution is 0.175. The fraction of sp³-hybridized carbons (Fsp3) is 0.875. The quantitative estimate of drug-likeness (QED) is 0.697. The number of nitrogens with one attached hydrogen (secondary N) is 1. The van der Waals surface area contributed by atoms with E-state index in [9.17, 15) is 13.2 Å². The molecular weight excluding hydrogens is 234 g/mol. The standard InChI is InChI=1S/C8H19N3O4S/c1-5-8(2,6-9)11(3)16(13,14)10-7(12)15-4/h5-6,9H2,1-4H3,(H,10,12). The third-order valence-corrected chi connectivity index (χ3v) is 4.31.